The van der Waals surface area contributed by atoms with Gasteiger partial charge in [-0.2, -0.15) is 0 Å². The lowest BCUT2D eigenvalue weighted by atomic mass is 10.1. The van der Waals surface area contributed by atoms with Crippen LogP contribution in [0, 0.1) is 11.6 Å². The van der Waals surface area contributed by atoms with Crippen molar-refractivity contribution in [3.05, 3.63) is 65.6 Å². The fourth-order valence-corrected chi connectivity index (χ4v) is 4.33. The predicted molar refractivity (Wildman–Crippen MR) is 121 cm³/mol. The van der Waals surface area contributed by atoms with E-state index in [-0.39, 0.29) is 6.54 Å². The molecule has 8 heteroatoms. The second kappa shape index (κ2) is 8.78. The highest BCUT2D eigenvalue weighted by atomic mass is 19.1. The van der Waals surface area contributed by atoms with E-state index >= 15 is 0 Å². The Morgan fingerprint density at radius 1 is 0.969 bits per heavy atom. The molecular formula is C24H26F2N6. The van der Waals surface area contributed by atoms with Gasteiger partial charge in [-0.25, -0.2) is 18.7 Å². The van der Waals surface area contributed by atoms with Gasteiger partial charge in [0, 0.05) is 56.6 Å². The van der Waals surface area contributed by atoms with E-state index < -0.39 is 11.6 Å². The van der Waals surface area contributed by atoms with Gasteiger partial charge in [0.2, 0.25) is 0 Å². The maximum Gasteiger partial charge on any atom is 0.151 e. The second-order valence-electron chi connectivity index (χ2n) is 8.48. The van der Waals surface area contributed by atoms with Crippen molar-refractivity contribution in [2.24, 2.45) is 0 Å². The maximum atomic E-state index is 14.2. The molecule has 3 aromatic rings. The van der Waals surface area contributed by atoms with Gasteiger partial charge in [0.15, 0.2) is 5.82 Å². The number of benzene rings is 1. The first-order chi connectivity index (χ1) is 15.6. The summed E-state index contributed by atoms with van der Waals surface area (Å²) in [5, 5.41) is 0. The van der Waals surface area contributed by atoms with E-state index in [0.29, 0.717) is 5.56 Å². The number of aromatic nitrogens is 3. The van der Waals surface area contributed by atoms with Crippen molar-refractivity contribution < 1.29 is 8.78 Å². The largest absolute Gasteiger partial charge is 0.354 e. The van der Waals surface area contributed by atoms with Crippen molar-refractivity contribution in [1.29, 1.82) is 0 Å². The van der Waals surface area contributed by atoms with Gasteiger partial charge in [0.25, 0.3) is 0 Å². The Balaban J connectivity index is 1.43. The molecular weight excluding hydrogens is 410 g/mol. The fourth-order valence-electron chi connectivity index (χ4n) is 4.33. The van der Waals surface area contributed by atoms with Crippen LogP contribution in [-0.4, -0.2) is 59.6 Å². The van der Waals surface area contributed by atoms with Gasteiger partial charge in [-0.3, -0.25) is 4.98 Å². The van der Waals surface area contributed by atoms with E-state index in [1.54, 1.807) is 6.20 Å². The molecule has 4 heterocycles. The second-order valence-corrected chi connectivity index (χ2v) is 8.48. The average molecular weight is 437 g/mol. The van der Waals surface area contributed by atoms with Crippen LogP contribution in [0.2, 0.25) is 0 Å². The van der Waals surface area contributed by atoms with Crippen molar-refractivity contribution in [2.45, 2.75) is 19.4 Å². The number of piperazine rings is 1. The molecule has 166 valence electrons. The molecule has 0 aliphatic carbocycles. The summed E-state index contributed by atoms with van der Waals surface area (Å²) in [4.78, 5) is 20.7. The van der Waals surface area contributed by atoms with Gasteiger partial charge >= 0.3 is 0 Å². The lowest BCUT2D eigenvalue weighted by Crippen LogP contribution is -2.44. The van der Waals surface area contributed by atoms with Crippen LogP contribution in [0.1, 0.15) is 17.7 Å². The minimum absolute atomic E-state index is 0.262. The van der Waals surface area contributed by atoms with Crippen molar-refractivity contribution in [2.75, 3.05) is 49.6 Å². The smallest absolute Gasteiger partial charge is 0.151 e. The number of fused-ring (bicyclic) bond motifs is 1. The van der Waals surface area contributed by atoms with Crippen molar-refractivity contribution in [3.8, 4) is 11.3 Å². The van der Waals surface area contributed by atoms with Crippen LogP contribution in [0.4, 0.5) is 20.4 Å². The topological polar surface area (TPSA) is 48.4 Å². The summed E-state index contributed by atoms with van der Waals surface area (Å²) in [5.74, 6) is 0.837. The third kappa shape index (κ3) is 4.27. The molecule has 6 nitrogen and oxygen atoms in total. The summed E-state index contributed by atoms with van der Waals surface area (Å²) < 4.78 is 27.9. The number of hydrogen-bond donors (Lipinski definition) is 0. The zero-order chi connectivity index (χ0) is 22.1. The van der Waals surface area contributed by atoms with Gasteiger partial charge in [0.05, 0.1) is 17.6 Å². The third-order valence-electron chi connectivity index (χ3n) is 6.21. The number of aryl methyl sites for hydroxylation is 1. The molecule has 0 atom stereocenters. The molecule has 2 aliphatic heterocycles. The van der Waals surface area contributed by atoms with Crippen LogP contribution in [0.25, 0.3) is 11.3 Å². The highest BCUT2D eigenvalue weighted by molar-refractivity contribution is 5.65. The summed E-state index contributed by atoms with van der Waals surface area (Å²) in [6, 6.07) is 7.57. The number of hydrogen-bond acceptors (Lipinski definition) is 6. The average Bonchev–Trinajstić information content (AvgIpc) is 2.82. The standard InChI is InChI=1S/C24H26F2N6/c1-30-9-11-31(12-10-30)23-14-17(6-7-27-23)22-15-28-21-3-2-8-32(24(21)29-22)16-18-13-19(25)4-5-20(18)26/h4-7,13-15H,2-3,8-12,16H2,1H3. The van der Waals surface area contributed by atoms with Crippen LogP contribution in [-0.2, 0) is 13.0 Å². The van der Waals surface area contributed by atoms with Gasteiger partial charge in [-0.15, -0.1) is 0 Å². The van der Waals surface area contributed by atoms with Crippen molar-refractivity contribution in [3.63, 3.8) is 0 Å². The van der Waals surface area contributed by atoms with Gasteiger partial charge < -0.3 is 14.7 Å². The zero-order valence-electron chi connectivity index (χ0n) is 18.1. The number of nitrogens with zero attached hydrogens (tertiary/aromatic N) is 6. The van der Waals surface area contributed by atoms with E-state index in [2.05, 4.69) is 32.9 Å². The fraction of sp³-hybridized carbons (Fsp3) is 0.375. The van der Waals surface area contributed by atoms with Crippen molar-refractivity contribution in [1.82, 2.24) is 19.9 Å². The Morgan fingerprint density at radius 3 is 2.66 bits per heavy atom. The maximum absolute atomic E-state index is 14.2. The van der Waals surface area contributed by atoms with Crippen LogP contribution in [0.3, 0.4) is 0 Å². The SMILES string of the molecule is CN1CCN(c2cc(-c3cnc4c(n3)N(Cc3cc(F)ccc3F)CCC4)ccn2)CC1. The molecule has 0 spiro atoms. The lowest BCUT2D eigenvalue weighted by Gasteiger charge is -2.33. The number of halogens is 2. The number of rotatable bonds is 4. The molecule has 0 radical (unpaired) electrons. The van der Waals surface area contributed by atoms with Crippen LogP contribution < -0.4 is 9.80 Å². The van der Waals surface area contributed by atoms with E-state index in [9.17, 15) is 8.78 Å². The molecule has 0 amide bonds. The normalized spacial score (nSPS) is 16.8. The molecule has 1 saturated heterocycles. The number of anilines is 2. The minimum Gasteiger partial charge on any atom is -0.354 e. The summed E-state index contributed by atoms with van der Waals surface area (Å²) in [6.45, 7) is 4.89. The van der Waals surface area contributed by atoms with Crippen LogP contribution in [0.15, 0.2) is 42.7 Å². The van der Waals surface area contributed by atoms with E-state index in [4.69, 9.17) is 4.98 Å². The Hall–Kier alpha value is -3.13. The summed E-state index contributed by atoms with van der Waals surface area (Å²) >= 11 is 0. The highest BCUT2D eigenvalue weighted by Gasteiger charge is 2.22. The summed E-state index contributed by atoms with van der Waals surface area (Å²) in [5.41, 5.74) is 2.93. The molecule has 0 N–H and O–H groups in total. The minimum atomic E-state index is -0.438. The van der Waals surface area contributed by atoms with E-state index in [1.807, 2.05) is 17.2 Å². The van der Waals surface area contributed by atoms with E-state index in [1.165, 1.54) is 12.1 Å². The molecule has 2 aromatic heterocycles. The van der Waals surface area contributed by atoms with Crippen molar-refractivity contribution >= 4 is 11.6 Å². The third-order valence-corrected chi connectivity index (χ3v) is 6.21. The van der Waals surface area contributed by atoms with Gasteiger partial charge in [-0.05, 0) is 50.2 Å². The highest BCUT2D eigenvalue weighted by Crippen LogP contribution is 2.29. The Labute approximate surface area is 186 Å². The molecule has 5 rings (SSSR count). The monoisotopic (exact) mass is 436 g/mol. The summed E-state index contributed by atoms with van der Waals surface area (Å²) in [7, 11) is 2.13. The lowest BCUT2D eigenvalue weighted by molar-refractivity contribution is 0.312. The Bertz CT molecular complexity index is 1110. The first-order valence-electron chi connectivity index (χ1n) is 11.0. The number of pyridine rings is 1. The first kappa shape index (κ1) is 20.8. The Kier molecular flexibility index (Phi) is 5.70. The molecule has 2 aliphatic rings. The quantitative estimate of drug-likeness (QED) is 0.624. The molecule has 32 heavy (non-hydrogen) atoms. The van der Waals surface area contributed by atoms with Gasteiger partial charge in [0.1, 0.15) is 17.5 Å². The van der Waals surface area contributed by atoms with Crippen LogP contribution in [0.5, 0.6) is 0 Å². The van der Waals surface area contributed by atoms with Crippen LogP contribution >= 0.6 is 0 Å². The van der Waals surface area contributed by atoms with Gasteiger partial charge in [-0.1, -0.05) is 0 Å². The zero-order valence-corrected chi connectivity index (χ0v) is 18.1. The molecule has 1 aromatic carbocycles. The predicted octanol–water partition coefficient (Wildman–Crippen LogP) is 3.52. The van der Waals surface area contributed by atoms with E-state index in [0.717, 1.165) is 80.2 Å². The molecule has 1 fully saturated rings. The summed E-state index contributed by atoms with van der Waals surface area (Å²) in [6.07, 6.45) is 5.34. The number of likely N-dealkylation sites (N-methyl/N-ethyl adjacent to an activating group) is 1. The molecule has 0 bridgehead atoms. The first-order valence-corrected chi connectivity index (χ1v) is 11.0. The molecule has 0 unspecified atom stereocenters. The molecule has 0 saturated carbocycles. The Morgan fingerprint density at radius 2 is 1.81 bits per heavy atom.